The second kappa shape index (κ2) is 6.92. The third-order valence-corrected chi connectivity index (χ3v) is 5.17. The predicted octanol–water partition coefficient (Wildman–Crippen LogP) is 4.02. The van der Waals surface area contributed by atoms with E-state index in [0.717, 1.165) is 21.0 Å². The number of hydrogen-bond donors (Lipinski definition) is 0. The van der Waals surface area contributed by atoms with Gasteiger partial charge in [0.05, 0.1) is 23.4 Å². The zero-order valence-corrected chi connectivity index (χ0v) is 15.6. The van der Waals surface area contributed by atoms with Crippen LogP contribution in [-0.4, -0.2) is 21.9 Å². The molecule has 2 aromatic carbocycles. The minimum atomic E-state index is -0.346. The quantitative estimate of drug-likeness (QED) is 0.536. The van der Waals surface area contributed by atoms with Crippen molar-refractivity contribution in [1.29, 1.82) is 0 Å². The first-order valence-corrected chi connectivity index (χ1v) is 9.14. The number of ether oxygens (including phenoxy) is 1. The highest BCUT2D eigenvalue weighted by Gasteiger charge is 2.16. The van der Waals surface area contributed by atoms with E-state index < -0.39 is 0 Å². The number of aryl methyl sites for hydroxylation is 1. The van der Waals surface area contributed by atoms with Crippen molar-refractivity contribution in [1.82, 2.24) is 14.8 Å². The summed E-state index contributed by atoms with van der Waals surface area (Å²) in [7, 11) is 1.61. The van der Waals surface area contributed by atoms with E-state index in [0.29, 0.717) is 16.8 Å². The number of thiazole rings is 1. The zero-order chi connectivity index (χ0) is 19.0. The monoisotopic (exact) mass is 381 g/mol. The van der Waals surface area contributed by atoms with Crippen LogP contribution >= 0.6 is 11.3 Å². The first-order chi connectivity index (χ1) is 13.0. The molecule has 7 heteroatoms. The van der Waals surface area contributed by atoms with Gasteiger partial charge in [0, 0.05) is 5.56 Å². The maximum atomic E-state index is 13.5. The first kappa shape index (κ1) is 17.4. The smallest absolute Gasteiger partial charge is 0.294 e. The first-order valence-electron chi connectivity index (χ1n) is 8.32. The molecule has 0 aliphatic heterocycles. The number of nitrogens with zero attached hydrogens (tertiary/aromatic N) is 3. The molecule has 0 bridgehead atoms. The molecule has 0 saturated carbocycles. The minimum Gasteiger partial charge on any atom is -0.497 e. The van der Waals surface area contributed by atoms with Crippen molar-refractivity contribution < 1.29 is 9.13 Å². The van der Waals surface area contributed by atoms with Gasteiger partial charge in [-0.15, -0.1) is 11.3 Å². The Labute approximate surface area is 158 Å². The molecule has 4 rings (SSSR count). The lowest BCUT2D eigenvalue weighted by Gasteiger charge is -2.09. The number of hydrogen-bond acceptors (Lipinski definition) is 5. The topological polar surface area (TPSA) is 57.0 Å². The van der Waals surface area contributed by atoms with Gasteiger partial charge >= 0.3 is 0 Å². The highest BCUT2D eigenvalue weighted by Crippen LogP contribution is 2.30. The van der Waals surface area contributed by atoms with E-state index in [-0.39, 0.29) is 17.9 Å². The fourth-order valence-corrected chi connectivity index (χ4v) is 3.84. The molecule has 4 aromatic rings. The molecule has 2 aromatic heterocycles. The summed E-state index contributed by atoms with van der Waals surface area (Å²) in [6, 6.07) is 13.6. The summed E-state index contributed by atoms with van der Waals surface area (Å²) in [4.78, 5) is 17.2. The van der Waals surface area contributed by atoms with Crippen molar-refractivity contribution in [2.45, 2.75) is 13.5 Å². The van der Waals surface area contributed by atoms with Gasteiger partial charge in [-0.2, -0.15) is 5.10 Å². The summed E-state index contributed by atoms with van der Waals surface area (Å²) in [6.07, 6.45) is 0. The Hall–Kier alpha value is -3.06. The molecule has 136 valence electrons. The van der Waals surface area contributed by atoms with Crippen LogP contribution in [-0.2, 0) is 6.54 Å². The fourth-order valence-electron chi connectivity index (χ4n) is 2.92. The average molecular weight is 381 g/mol. The number of rotatable bonds is 4. The van der Waals surface area contributed by atoms with E-state index in [1.54, 1.807) is 19.2 Å². The number of fused-ring (bicyclic) bond motifs is 1. The van der Waals surface area contributed by atoms with Gasteiger partial charge in [-0.1, -0.05) is 12.1 Å². The Kier molecular flexibility index (Phi) is 4.45. The Morgan fingerprint density at radius 3 is 2.67 bits per heavy atom. The Bertz CT molecular complexity index is 1180. The fraction of sp³-hybridized carbons (Fsp3) is 0.150. The molecule has 27 heavy (non-hydrogen) atoms. The van der Waals surface area contributed by atoms with Crippen LogP contribution in [0.3, 0.4) is 0 Å². The Morgan fingerprint density at radius 2 is 1.96 bits per heavy atom. The normalized spacial score (nSPS) is 11.1. The molecule has 0 atom stereocenters. The zero-order valence-electron chi connectivity index (χ0n) is 14.8. The summed E-state index contributed by atoms with van der Waals surface area (Å²) in [5.74, 6) is 0.394. The van der Waals surface area contributed by atoms with Crippen molar-refractivity contribution >= 4 is 21.6 Å². The minimum absolute atomic E-state index is 0.173. The van der Waals surface area contributed by atoms with Gasteiger partial charge in [0.15, 0.2) is 5.52 Å². The largest absolute Gasteiger partial charge is 0.497 e. The maximum Gasteiger partial charge on any atom is 0.294 e. The van der Waals surface area contributed by atoms with Crippen LogP contribution in [0.25, 0.3) is 21.5 Å². The van der Waals surface area contributed by atoms with Gasteiger partial charge in [-0.25, -0.2) is 14.1 Å². The molecule has 0 unspecified atom stereocenters. The van der Waals surface area contributed by atoms with Gasteiger partial charge in [-0.05, 0) is 48.9 Å². The lowest BCUT2D eigenvalue weighted by Crippen LogP contribution is -2.24. The molecule has 0 fully saturated rings. The molecule has 5 nitrogen and oxygen atoms in total. The second-order valence-electron chi connectivity index (χ2n) is 6.08. The molecular formula is C20H16FN3O2S. The Morgan fingerprint density at radius 1 is 1.19 bits per heavy atom. The summed E-state index contributed by atoms with van der Waals surface area (Å²) < 4.78 is 20.8. The van der Waals surface area contributed by atoms with Crippen LogP contribution < -0.4 is 10.3 Å². The van der Waals surface area contributed by atoms with Gasteiger partial charge in [0.1, 0.15) is 17.3 Å². The van der Waals surface area contributed by atoms with Crippen LogP contribution in [0.2, 0.25) is 0 Å². The molecule has 0 radical (unpaired) electrons. The SMILES string of the molecule is COc1ccc(-c2nn(Cc3cccc(F)c3)c(=O)c3nc(C)sc23)cc1. The molecule has 0 aliphatic rings. The molecule has 2 heterocycles. The van der Waals surface area contributed by atoms with Crippen LogP contribution in [0.1, 0.15) is 10.6 Å². The summed E-state index contributed by atoms with van der Waals surface area (Å²) in [5.41, 5.74) is 2.30. The van der Waals surface area contributed by atoms with E-state index in [9.17, 15) is 9.18 Å². The number of aromatic nitrogens is 3. The maximum absolute atomic E-state index is 13.5. The van der Waals surface area contributed by atoms with E-state index in [4.69, 9.17) is 4.74 Å². The van der Waals surface area contributed by atoms with Gasteiger partial charge in [-0.3, -0.25) is 4.79 Å². The molecule has 0 saturated heterocycles. The molecule has 0 aliphatic carbocycles. The van der Waals surface area contributed by atoms with Gasteiger partial charge in [0.2, 0.25) is 0 Å². The van der Waals surface area contributed by atoms with Crippen molar-refractivity contribution in [3.8, 4) is 17.0 Å². The summed E-state index contributed by atoms with van der Waals surface area (Å²) in [6.45, 7) is 2.03. The van der Waals surface area contributed by atoms with Crippen LogP contribution in [0.4, 0.5) is 4.39 Å². The van der Waals surface area contributed by atoms with E-state index in [2.05, 4.69) is 10.1 Å². The predicted molar refractivity (Wildman–Crippen MR) is 104 cm³/mol. The molecule has 0 N–H and O–H groups in total. The summed E-state index contributed by atoms with van der Waals surface area (Å²) >= 11 is 1.44. The van der Waals surface area contributed by atoms with Crippen molar-refractivity contribution in [3.63, 3.8) is 0 Å². The van der Waals surface area contributed by atoms with E-state index in [1.807, 2.05) is 31.2 Å². The highest BCUT2D eigenvalue weighted by atomic mass is 32.1. The van der Waals surface area contributed by atoms with Crippen molar-refractivity contribution in [2.24, 2.45) is 0 Å². The molecular weight excluding hydrogens is 365 g/mol. The second-order valence-corrected chi connectivity index (χ2v) is 7.28. The third-order valence-electron chi connectivity index (χ3n) is 4.19. The average Bonchev–Trinajstić information content (AvgIpc) is 3.06. The lowest BCUT2D eigenvalue weighted by atomic mass is 10.1. The number of halogens is 1. The van der Waals surface area contributed by atoms with E-state index in [1.165, 1.54) is 28.2 Å². The standard InChI is InChI=1S/C20H16FN3O2S/c1-12-22-18-19(27-12)17(14-6-8-16(26-2)9-7-14)23-24(20(18)25)11-13-4-3-5-15(21)10-13/h3-10H,11H2,1-2H3. The van der Waals surface area contributed by atoms with Crippen LogP contribution in [0.5, 0.6) is 5.75 Å². The third kappa shape index (κ3) is 3.33. The van der Waals surface area contributed by atoms with Gasteiger partial charge in [0.25, 0.3) is 5.56 Å². The summed E-state index contributed by atoms with van der Waals surface area (Å²) in [5, 5.41) is 5.37. The highest BCUT2D eigenvalue weighted by molar-refractivity contribution is 7.19. The van der Waals surface area contributed by atoms with Crippen molar-refractivity contribution in [3.05, 3.63) is 75.3 Å². The van der Waals surface area contributed by atoms with E-state index >= 15 is 0 Å². The Balaban J connectivity index is 1.89. The lowest BCUT2D eigenvalue weighted by molar-refractivity contribution is 0.415. The number of methoxy groups -OCH3 is 1. The van der Waals surface area contributed by atoms with Crippen LogP contribution in [0.15, 0.2) is 53.3 Å². The molecule has 0 spiro atoms. The van der Waals surface area contributed by atoms with Crippen molar-refractivity contribution in [2.75, 3.05) is 7.11 Å². The van der Waals surface area contributed by atoms with Crippen LogP contribution in [0, 0.1) is 12.7 Å². The number of benzene rings is 2. The van der Waals surface area contributed by atoms with Gasteiger partial charge < -0.3 is 4.74 Å². The molecule has 0 amide bonds.